The molecule has 0 spiro atoms. The molecule has 1 saturated heterocycles. The number of hydrogen-bond donors (Lipinski definition) is 0. The summed E-state index contributed by atoms with van der Waals surface area (Å²) >= 11 is 3.13. The lowest BCUT2D eigenvalue weighted by molar-refractivity contribution is -0.138. The maximum Gasteiger partial charge on any atom is 0.416 e. The molecular weight excluding hydrogens is 331 g/mol. The van der Waals surface area contributed by atoms with E-state index in [0.717, 1.165) is 19.5 Å². The van der Waals surface area contributed by atoms with Gasteiger partial charge in [-0.2, -0.15) is 13.2 Å². The molecule has 112 valence electrons. The molecule has 0 aromatic heterocycles. The first-order valence-electron chi connectivity index (χ1n) is 6.84. The lowest BCUT2D eigenvalue weighted by Gasteiger charge is -2.37. The van der Waals surface area contributed by atoms with Crippen LogP contribution in [0.5, 0.6) is 0 Å². The van der Waals surface area contributed by atoms with Crippen LogP contribution in [0.1, 0.15) is 31.4 Å². The highest BCUT2D eigenvalue weighted by molar-refractivity contribution is 9.08. The number of hydrogen-bond acceptors (Lipinski definition) is 1. The van der Waals surface area contributed by atoms with Crippen LogP contribution in [0.15, 0.2) is 18.2 Å². The van der Waals surface area contributed by atoms with Gasteiger partial charge in [-0.1, -0.05) is 35.8 Å². The van der Waals surface area contributed by atoms with Crippen molar-refractivity contribution in [1.29, 1.82) is 0 Å². The summed E-state index contributed by atoms with van der Waals surface area (Å²) in [5.41, 5.74) is 0.443. The van der Waals surface area contributed by atoms with Crippen molar-refractivity contribution in [1.82, 2.24) is 0 Å². The Hall–Kier alpha value is -0.710. The van der Waals surface area contributed by atoms with Crippen molar-refractivity contribution in [3.63, 3.8) is 0 Å². The lowest BCUT2D eigenvalue weighted by Crippen LogP contribution is -2.38. The van der Waals surface area contributed by atoms with Crippen LogP contribution < -0.4 is 4.90 Å². The predicted octanol–water partition coefficient (Wildman–Crippen LogP) is 5.08. The fraction of sp³-hybridized carbons (Fsp3) is 0.600. The molecule has 5 heteroatoms. The van der Waals surface area contributed by atoms with Crippen molar-refractivity contribution in [2.24, 2.45) is 11.8 Å². The number of alkyl halides is 4. The van der Waals surface area contributed by atoms with Crippen LogP contribution >= 0.6 is 15.9 Å². The molecule has 0 bridgehead atoms. The Morgan fingerprint density at radius 2 is 1.95 bits per heavy atom. The van der Waals surface area contributed by atoms with Crippen LogP contribution in [-0.2, 0) is 11.5 Å². The van der Waals surface area contributed by atoms with Gasteiger partial charge in [0.2, 0.25) is 0 Å². The molecule has 2 unspecified atom stereocenters. The number of piperidine rings is 1. The van der Waals surface area contributed by atoms with Crippen LogP contribution in [0.3, 0.4) is 0 Å². The van der Waals surface area contributed by atoms with Crippen LogP contribution in [0, 0.1) is 11.8 Å². The summed E-state index contributed by atoms with van der Waals surface area (Å²) < 4.78 is 39.2. The second kappa shape index (κ2) is 5.96. The third-order valence-electron chi connectivity index (χ3n) is 4.24. The van der Waals surface area contributed by atoms with Gasteiger partial charge in [0.15, 0.2) is 0 Å². The molecule has 1 aliphatic heterocycles. The molecule has 1 aliphatic rings. The number of halogens is 4. The molecule has 1 nitrogen and oxygen atoms in total. The second-order valence-electron chi connectivity index (χ2n) is 5.66. The zero-order chi connectivity index (χ0) is 14.9. The van der Waals surface area contributed by atoms with Crippen LogP contribution in [0.2, 0.25) is 0 Å². The Morgan fingerprint density at radius 1 is 1.25 bits per heavy atom. The Kier molecular flexibility index (Phi) is 4.67. The molecule has 1 aromatic carbocycles. The first-order chi connectivity index (χ1) is 9.32. The first-order valence-corrected chi connectivity index (χ1v) is 7.96. The van der Waals surface area contributed by atoms with Crippen molar-refractivity contribution in [2.45, 2.75) is 31.8 Å². The van der Waals surface area contributed by atoms with Crippen LogP contribution in [-0.4, -0.2) is 13.1 Å². The summed E-state index contributed by atoms with van der Waals surface area (Å²) in [6.07, 6.45) is -3.27. The highest BCUT2D eigenvalue weighted by Gasteiger charge is 2.34. The van der Waals surface area contributed by atoms with Gasteiger partial charge in [-0.25, -0.2) is 0 Å². The molecule has 0 amide bonds. The monoisotopic (exact) mass is 349 g/mol. The van der Waals surface area contributed by atoms with Crippen LogP contribution in [0.4, 0.5) is 18.9 Å². The number of anilines is 1. The summed E-state index contributed by atoms with van der Waals surface area (Å²) in [7, 11) is 0. The van der Waals surface area contributed by atoms with E-state index in [1.807, 2.05) is 0 Å². The Balaban J connectivity index is 2.30. The van der Waals surface area contributed by atoms with E-state index in [1.54, 1.807) is 12.1 Å². The summed E-state index contributed by atoms with van der Waals surface area (Å²) in [5.74, 6) is 1.14. The molecule has 1 heterocycles. The van der Waals surface area contributed by atoms with Crippen molar-refractivity contribution >= 4 is 21.6 Å². The fourth-order valence-corrected chi connectivity index (χ4v) is 3.13. The minimum Gasteiger partial charge on any atom is -0.371 e. The average Bonchev–Trinajstić information content (AvgIpc) is 2.40. The zero-order valence-corrected chi connectivity index (χ0v) is 13.3. The third kappa shape index (κ3) is 3.30. The summed E-state index contributed by atoms with van der Waals surface area (Å²) in [4.78, 5) is 2.07. The molecule has 2 atom stereocenters. The van der Waals surface area contributed by atoms with Gasteiger partial charge in [-0.15, -0.1) is 0 Å². The van der Waals surface area contributed by atoms with Crippen molar-refractivity contribution < 1.29 is 13.2 Å². The van der Waals surface area contributed by atoms with Gasteiger partial charge in [0.25, 0.3) is 0 Å². The van der Waals surface area contributed by atoms with E-state index in [1.165, 1.54) is 6.07 Å². The van der Waals surface area contributed by atoms with Crippen molar-refractivity contribution in [3.8, 4) is 0 Å². The zero-order valence-electron chi connectivity index (χ0n) is 11.7. The second-order valence-corrected chi connectivity index (χ2v) is 6.22. The molecule has 2 rings (SSSR count). The minimum atomic E-state index is -4.30. The van der Waals surface area contributed by atoms with Crippen LogP contribution in [0.25, 0.3) is 0 Å². The number of benzene rings is 1. The predicted molar refractivity (Wildman–Crippen MR) is 79.2 cm³/mol. The van der Waals surface area contributed by atoms with E-state index in [4.69, 9.17) is 0 Å². The first kappa shape index (κ1) is 15.7. The molecule has 1 aromatic rings. The quantitative estimate of drug-likeness (QED) is 0.672. The maximum atomic E-state index is 13.1. The SMILES string of the molecule is CC1CCN(c2ccc(CBr)c(C(F)(F)F)c2)CC1C. The summed E-state index contributed by atoms with van der Waals surface area (Å²) in [6.45, 7) is 6.02. The van der Waals surface area contributed by atoms with Crippen molar-refractivity contribution in [2.75, 3.05) is 18.0 Å². The van der Waals surface area contributed by atoms with Gasteiger partial charge in [-0.05, 0) is 36.0 Å². The van der Waals surface area contributed by atoms with E-state index >= 15 is 0 Å². The van der Waals surface area contributed by atoms with Gasteiger partial charge in [0.05, 0.1) is 5.56 Å². The number of rotatable bonds is 2. The molecule has 20 heavy (non-hydrogen) atoms. The fourth-order valence-electron chi connectivity index (χ4n) is 2.64. The third-order valence-corrected chi connectivity index (χ3v) is 4.85. The molecular formula is C15H19BrF3N. The molecule has 1 fully saturated rings. The molecule has 0 saturated carbocycles. The Bertz CT molecular complexity index is 473. The minimum absolute atomic E-state index is 0.218. The van der Waals surface area contributed by atoms with Gasteiger partial charge >= 0.3 is 6.18 Å². The van der Waals surface area contributed by atoms with E-state index in [0.29, 0.717) is 23.1 Å². The average molecular weight is 350 g/mol. The smallest absolute Gasteiger partial charge is 0.371 e. The molecule has 0 N–H and O–H groups in total. The van der Waals surface area contributed by atoms with Gasteiger partial charge in [-0.3, -0.25) is 0 Å². The van der Waals surface area contributed by atoms with E-state index in [-0.39, 0.29) is 5.33 Å². The van der Waals surface area contributed by atoms with E-state index < -0.39 is 11.7 Å². The summed E-state index contributed by atoms with van der Waals surface area (Å²) in [5, 5.41) is 0.218. The van der Waals surface area contributed by atoms with Gasteiger partial charge in [0.1, 0.15) is 0 Å². The normalized spacial score (nSPS) is 24.0. The largest absolute Gasteiger partial charge is 0.416 e. The molecule has 0 aliphatic carbocycles. The Labute approximate surface area is 126 Å². The molecule has 0 radical (unpaired) electrons. The summed E-state index contributed by atoms with van der Waals surface area (Å²) in [6, 6.07) is 4.67. The van der Waals surface area contributed by atoms with Gasteiger partial charge < -0.3 is 4.90 Å². The topological polar surface area (TPSA) is 3.24 Å². The van der Waals surface area contributed by atoms with Crippen molar-refractivity contribution in [3.05, 3.63) is 29.3 Å². The Morgan fingerprint density at radius 3 is 2.50 bits per heavy atom. The maximum absolute atomic E-state index is 13.1. The standard InChI is InChI=1S/C15H19BrF3N/c1-10-5-6-20(9-11(10)2)13-4-3-12(8-16)14(7-13)15(17,18)19/h3-4,7,10-11H,5-6,8-9H2,1-2H3. The number of nitrogens with zero attached hydrogens (tertiary/aromatic N) is 1. The van der Waals surface area contributed by atoms with E-state index in [2.05, 4.69) is 34.7 Å². The van der Waals surface area contributed by atoms with Gasteiger partial charge in [0, 0.05) is 24.1 Å². The lowest BCUT2D eigenvalue weighted by atomic mass is 9.88. The van der Waals surface area contributed by atoms with E-state index in [9.17, 15) is 13.2 Å². The highest BCUT2D eigenvalue weighted by Crippen LogP contribution is 2.36. The highest BCUT2D eigenvalue weighted by atomic mass is 79.9.